The average molecular weight is 324 g/mol. The first-order chi connectivity index (χ1) is 11.2. The number of para-hydroxylation sites is 1. The first-order valence-electron chi connectivity index (χ1n) is 8.58. The van der Waals surface area contributed by atoms with Gasteiger partial charge in [0.05, 0.1) is 6.04 Å². The fourth-order valence-corrected chi connectivity index (χ4v) is 4.76. The van der Waals surface area contributed by atoms with Crippen molar-refractivity contribution in [3.63, 3.8) is 0 Å². The molecule has 0 aliphatic carbocycles. The zero-order valence-electron chi connectivity index (χ0n) is 13.9. The van der Waals surface area contributed by atoms with Gasteiger partial charge >= 0.3 is 0 Å². The van der Waals surface area contributed by atoms with E-state index in [0.29, 0.717) is 6.04 Å². The minimum atomic E-state index is 0.388. The number of aromatic amines is 1. The fraction of sp³-hybridized carbons (Fsp3) is 0.400. The van der Waals surface area contributed by atoms with E-state index < -0.39 is 0 Å². The summed E-state index contributed by atoms with van der Waals surface area (Å²) in [7, 11) is 0. The van der Waals surface area contributed by atoms with Gasteiger partial charge in [-0.05, 0) is 56.3 Å². The summed E-state index contributed by atoms with van der Waals surface area (Å²) >= 11 is 1.89. The summed E-state index contributed by atoms with van der Waals surface area (Å²) in [6.45, 7) is 7.00. The zero-order chi connectivity index (χ0) is 15.8. The van der Waals surface area contributed by atoms with Crippen LogP contribution in [0.25, 0.3) is 10.9 Å². The topological polar surface area (TPSA) is 19.0 Å². The maximum Gasteiger partial charge on any atom is 0.0719 e. The zero-order valence-corrected chi connectivity index (χ0v) is 14.7. The van der Waals surface area contributed by atoms with Crippen LogP contribution in [0.5, 0.6) is 0 Å². The van der Waals surface area contributed by atoms with Crippen molar-refractivity contribution in [3.8, 4) is 0 Å². The highest BCUT2D eigenvalue weighted by molar-refractivity contribution is 7.10. The number of rotatable bonds is 3. The van der Waals surface area contributed by atoms with Crippen LogP contribution in [-0.4, -0.2) is 23.0 Å². The van der Waals surface area contributed by atoms with Gasteiger partial charge in [-0.25, -0.2) is 0 Å². The van der Waals surface area contributed by atoms with Gasteiger partial charge in [-0.3, -0.25) is 4.90 Å². The molecule has 0 radical (unpaired) electrons. The van der Waals surface area contributed by atoms with E-state index in [-0.39, 0.29) is 0 Å². The summed E-state index contributed by atoms with van der Waals surface area (Å²) in [6.07, 6.45) is 2.62. The maximum atomic E-state index is 3.60. The van der Waals surface area contributed by atoms with Gasteiger partial charge in [0, 0.05) is 27.0 Å². The van der Waals surface area contributed by atoms with Gasteiger partial charge in [0.15, 0.2) is 0 Å². The molecule has 2 nitrogen and oxygen atoms in total. The Kier molecular flexibility index (Phi) is 4.00. The van der Waals surface area contributed by atoms with Crippen LogP contribution >= 0.6 is 11.3 Å². The van der Waals surface area contributed by atoms with Crippen LogP contribution in [-0.2, 0) is 0 Å². The Morgan fingerprint density at radius 3 is 2.65 bits per heavy atom. The third-order valence-electron chi connectivity index (χ3n) is 5.21. The van der Waals surface area contributed by atoms with E-state index in [0.717, 1.165) is 5.92 Å². The molecule has 1 aliphatic heterocycles. The lowest BCUT2D eigenvalue weighted by molar-refractivity contribution is 0.160. The van der Waals surface area contributed by atoms with Crippen molar-refractivity contribution in [3.05, 3.63) is 57.9 Å². The van der Waals surface area contributed by atoms with E-state index in [9.17, 15) is 0 Å². The van der Waals surface area contributed by atoms with Crippen LogP contribution in [0, 0.1) is 12.8 Å². The Labute approximate surface area is 142 Å². The highest BCUT2D eigenvalue weighted by Crippen LogP contribution is 2.39. The van der Waals surface area contributed by atoms with Crippen LogP contribution in [0.4, 0.5) is 0 Å². The molecule has 3 aromatic rings. The highest BCUT2D eigenvalue weighted by Gasteiger charge is 2.29. The molecule has 1 atom stereocenters. The Balaban J connectivity index is 1.83. The van der Waals surface area contributed by atoms with Crippen molar-refractivity contribution in [2.45, 2.75) is 32.7 Å². The Morgan fingerprint density at radius 2 is 1.91 bits per heavy atom. The molecule has 120 valence electrons. The number of aryl methyl sites for hydroxylation is 1. The molecule has 0 saturated carbocycles. The predicted octanol–water partition coefficient (Wildman–Crippen LogP) is 5.36. The summed E-state index contributed by atoms with van der Waals surface area (Å²) in [5.74, 6) is 0.860. The van der Waals surface area contributed by atoms with Gasteiger partial charge in [-0.2, -0.15) is 0 Å². The highest BCUT2D eigenvalue weighted by atomic mass is 32.1. The molecule has 1 aliphatic rings. The molecule has 3 heteroatoms. The molecule has 0 bridgehead atoms. The predicted molar refractivity (Wildman–Crippen MR) is 99.2 cm³/mol. The minimum absolute atomic E-state index is 0.388. The van der Waals surface area contributed by atoms with Crippen molar-refractivity contribution < 1.29 is 0 Å². The number of H-pyrrole nitrogens is 1. The number of hydrogen-bond donors (Lipinski definition) is 1. The van der Waals surface area contributed by atoms with E-state index in [1.807, 2.05) is 11.3 Å². The maximum absolute atomic E-state index is 3.60. The molecule has 0 unspecified atom stereocenters. The monoisotopic (exact) mass is 324 g/mol. The van der Waals surface area contributed by atoms with Crippen LogP contribution in [0.2, 0.25) is 0 Å². The number of fused-ring (bicyclic) bond motifs is 1. The van der Waals surface area contributed by atoms with Crippen molar-refractivity contribution in [2.75, 3.05) is 13.1 Å². The van der Waals surface area contributed by atoms with Crippen LogP contribution in [0.1, 0.15) is 41.9 Å². The molecular formula is C20H24N2S. The lowest BCUT2D eigenvalue weighted by atomic mass is 9.94. The molecule has 0 spiro atoms. The molecule has 2 aromatic heterocycles. The second kappa shape index (κ2) is 6.14. The summed E-state index contributed by atoms with van der Waals surface area (Å²) in [5.41, 5.74) is 4.03. The molecule has 1 saturated heterocycles. The normalized spacial score (nSPS) is 18.5. The summed E-state index contributed by atoms with van der Waals surface area (Å²) in [5, 5.41) is 3.58. The SMILES string of the molecule is Cc1[nH]c2ccccc2c1[C@H](c1cccs1)N1CCC(C)CC1. The van der Waals surface area contributed by atoms with Crippen molar-refractivity contribution in [1.82, 2.24) is 9.88 Å². The van der Waals surface area contributed by atoms with Crippen LogP contribution in [0.3, 0.4) is 0 Å². The number of hydrogen-bond acceptors (Lipinski definition) is 2. The van der Waals surface area contributed by atoms with Crippen LogP contribution < -0.4 is 0 Å². The summed E-state index contributed by atoms with van der Waals surface area (Å²) in [6, 6.07) is 13.6. The number of piperidine rings is 1. The Bertz CT molecular complexity index is 779. The minimum Gasteiger partial charge on any atom is -0.358 e. The van der Waals surface area contributed by atoms with Crippen molar-refractivity contribution in [1.29, 1.82) is 0 Å². The van der Waals surface area contributed by atoms with Crippen LogP contribution in [0.15, 0.2) is 41.8 Å². The Hall–Kier alpha value is -1.58. The van der Waals surface area contributed by atoms with Gasteiger partial charge in [0.1, 0.15) is 0 Å². The van der Waals surface area contributed by atoms with E-state index in [2.05, 4.69) is 65.5 Å². The third-order valence-corrected chi connectivity index (χ3v) is 6.14. The number of likely N-dealkylation sites (tertiary alicyclic amines) is 1. The van der Waals surface area contributed by atoms with Gasteiger partial charge in [-0.15, -0.1) is 11.3 Å². The molecule has 4 rings (SSSR count). The number of thiophene rings is 1. The van der Waals surface area contributed by atoms with E-state index in [4.69, 9.17) is 0 Å². The largest absolute Gasteiger partial charge is 0.358 e. The van der Waals surface area contributed by atoms with E-state index >= 15 is 0 Å². The van der Waals surface area contributed by atoms with Gasteiger partial charge in [-0.1, -0.05) is 31.2 Å². The molecule has 1 N–H and O–H groups in total. The lowest BCUT2D eigenvalue weighted by Gasteiger charge is -2.36. The standard InChI is InChI=1S/C20H24N2S/c1-14-9-11-22(12-10-14)20(18-8-5-13-23-18)19-15(2)21-17-7-4-3-6-16(17)19/h3-8,13-14,20-21H,9-12H2,1-2H3/t20-/m0/s1. The van der Waals surface area contributed by atoms with E-state index in [1.54, 1.807) is 0 Å². The molecular weight excluding hydrogens is 300 g/mol. The number of benzene rings is 1. The first kappa shape index (κ1) is 15.0. The third kappa shape index (κ3) is 2.73. The summed E-state index contributed by atoms with van der Waals surface area (Å²) < 4.78 is 0. The fourth-order valence-electron chi connectivity index (χ4n) is 3.89. The molecule has 1 aromatic carbocycles. The van der Waals surface area contributed by atoms with Gasteiger partial charge < -0.3 is 4.98 Å². The quantitative estimate of drug-likeness (QED) is 0.687. The van der Waals surface area contributed by atoms with Gasteiger partial charge in [0.2, 0.25) is 0 Å². The number of nitrogens with zero attached hydrogens (tertiary/aromatic N) is 1. The Morgan fingerprint density at radius 1 is 1.13 bits per heavy atom. The average Bonchev–Trinajstić information content (AvgIpc) is 3.18. The number of aromatic nitrogens is 1. The molecule has 3 heterocycles. The second-order valence-corrected chi connectivity index (χ2v) is 7.82. The van der Waals surface area contributed by atoms with Crippen molar-refractivity contribution in [2.24, 2.45) is 5.92 Å². The molecule has 0 amide bonds. The molecule has 23 heavy (non-hydrogen) atoms. The van der Waals surface area contributed by atoms with E-state index in [1.165, 1.54) is 53.0 Å². The second-order valence-electron chi connectivity index (χ2n) is 6.85. The first-order valence-corrected chi connectivity index (χ1v) is 9.46. The van der Waals surface area contributed by atoms with Crippen molar-refractivity contribution >= 4 is 22.2 Å². The summed E-state index contributed by atoms with van der Waals surface area (Å²) in [4.78, 5) is 7.75. The van der Waals surface area contributed by atoms with Gasteiger partial charge in [0.25, 0.3) is 0 Å². The molecule has 1 fully saturated rings. The number of nitrogens with one attached hydrogen (secondary N) is 1. The lowest BCUT2D eigenvalue weighted by Crippen LogP contribution is -2.36. The smallest absolute Gasteiger partial charge is 0.0719 e.